The number of hydrogen-bond acceptors (Lipinski definition) is 4. The van der Waals surface area contributed by atoms with E-state index in [0.29, 0.717) is 0 Å². The molecule has 0 radical (unpaired) electrons. The van der Waals surface area contributed by atoms with Gasteiger partial charge in [0.25, 0.3) is 0 Å². The summed E-state index contributed by atoms with van der Waals surface area (Å²) >= 11 is 5.93. The molecule has 0 saturated carbocycles. The van der Waals surface area contributed by atoms with Gasteiger partial charge in [0.15, 0.2) is 0 Å². The van der Waals surface area contributed by atoms with E-state index in [2.05, 4.69) is 0 Å². The molecule has 1 aromatic rings. The van der Waals surface area contributed by atoms with E-state index in [9.17, 15) is 13.8 Å². The minimum Gasteiger partial charge on any atom is -0.481 e. The Kier molecular flexibility index (Phi) is 5.30. The molecule has 1 atom stereocenters. The number of halogens is 1. The fraction of sp³-hybridized carbons (Fsp3) is 0.385. The fourth-order valence-electron chi connectivity index (χ4n) is 1.34. The summed E-state index contributed by atoms with van der Waals surface area (Å²) in [4.78, 5) is 22.5. The van der Waals surface area contributed by atoms with Gasteiger partial charge in [0.05, 0.1) is 26.3 Å². The third kappa shape index (κ3) is 4.94. The third-order valence-electron chi connectivity index (χ3n) is 2.07. The minimum absolute atomic E-state index is 0.0768. The average Bonchev–Trinajstić information content (AvgIpc) is 2.25. The van der Waals surface area contributed by atoms with Crippen LogP contribution in [-0.4, -0.2) is 32.6 Å². The molecule has 0 aliphatic rings. The zero-order valence-electron chi connectivity index (χ0n) is 11.3. The van der Waals surface area contributed by atoms with Crippen LogP contribution in [0.4, 0.5) is 0 Å². The molecule has 0 aliphatic carbocycles. The fourth-order valence-corrected chi connectivity index (χ4v) is 2.65. The Labute approximate surface area is 124 Å². The number of carboxylic acids is 1. The van der Waals surface area contributed by atoms with Gasteiger partial charge in [0.2, 0.25) is 0 Å². The number of hydrogen-bond donors (Lipinski definition) is 1. The molecule has 1 unspecified atom stereocenters. The van der Waals surface area contributed by atoms with Gasteiger partial charge in [-0.3, -0.25) is 9.00 Å². The first kappa shape index (κ1) is 16.7. The lowest BCUT2D eigenvalue weighted by Gasteiger charge is -2.19. The lowest BCUT2D eigenvalue weighted by Crippen LogP contribution is -2.23. The van der Waals surface area contributed by atoms with Gasteiger partial charge in [0, 0.05) is 0 Å². The molecule has 110 valence electrons. The highest BCUT2D eigenvalue weighted by Crippen LogP contribution is 2.23. The maximum absolute atomic E-state index is 11.8. The van der Waals surface area contributed by atoms with E-state index < -0.39 is 34.1 Å². The zero-order valence-corrected chi connectivity index (χ0v) is 12.9. The molecule has 0 spiro atoms. The maximum Gasteiger partial charge on any atom is 0.338 e. The Balaban J connectivity index is 2.96. The van der Waals surface area contributed by atoms with Gasteiger partial charge in [-0.15, -0.1) is 0 Å². The van der Waals surface area contributed by atoms with Crippen molar-refractivity contribution in [1.29, 1.82) is 0 Å². The molecule has 1 rings (SSSR count). The van der Waals surface area contributed by atoms with E-state index in [0.717, 1.165) is 0 Å². The van der Waals surface area contributed by atoms with E-state index in [1.807, 2.05) is 0 Å². The van der Waals surface area contributed by atoms with Gasteiger partial charge in [-0.2, -0.15) is 0 Å². The second-order valence-electron chi connectivity index (χ2n) is 5.03. The second-order valence-corrected chi connectivity index (χ2v) is 6.86. The number of benzene rings is 1. The number of rotatable bonds is 4. The van der Waals surface area contributed by atoms with Crippen LogP contribution in [-0.2, 0) is 20.3 Å². The molecule has 5 nitrogen and oxygen atoms in total. The van der Waals surface area contributed by atoms with Crippen molar-refractivity contribution in [1.82, 2.24) is 0 Å². The monoisotopic (exact) mass is 318 g/mol. The first-order valence-corrected chi connectivity index (χ1v) is 7.43. The predicted octanol–water partition coefficient (Wildman–Crippen LogP) is 2.49. The summed E-state index contributed by atoms with van der Waals surface area (Å²) in [5.74, 6) is -2.27. The SMILES string of the molecule is CC(C)(C)OC(=O)c1ccc(S(=O)CC(=O)O)c(Cl)c1. The smallest absolute Gasteiger partial charge is 0.338 e. The van der Waals surface area contributed by atoms with Crippen LogP contribution in [0.2, 0.25) is 5.02 Å². The van der Waals surface area contributed by atoms with Crippen LogP contribution >= 0.6 is 11.6 Å². The third-order valence-corrected chi connectivity index (χ3v) is 3.85. The number of ether oxygens (including phenoxy) is 1. The van der Waals surface area contributed by atoms with Crippen molar-refractivity contribution in [3.63, 3.8) is 0 Å². The first-order valence-electron chi connectivity index (χ1n) is 5.73. The van der Waals surface area contributed by atoms with Crippen LogP contribution in [0.5, 0.6) is 0 Å². The molecular weight excluding hydrogens is 304 g/mol. The van der Waals surface area contributed by atoms with Crippen LogP contribution in [0.3, 0.4) is 0 Å². The summed E-state index contributed by atoms with van der Waals surface area (Å²) in [5.41, 5.74) is -0.407. The van der Waals surface area contributed by atoms with Crippen molar-refractivity contribution in [3.05, 3.63) is 28.8 Å². The zero-order chi connectivity index (χ0) is 15.5. The second kappa shape index (κ2) is 6.37. The van der Waals surface area contributed by atoms with Gasteiger partial charge >= 0.3 is 11.9 Å². The molecule has 0 fully saturated rings. The highest BCUT2D eigenvalue weighted by molar-refractivity contribution is 7.85. The molecule has 0 aliphatic heterocycles. The average molecular weight is 319 g/mol. The van der Waals surface area contributed by atoms with E-state index in [1.165, 1.54) is 18.2 Å². The van der Waals surface area contributed by atoms with Crippen LogP contribution in [0, 0.1) is 0 Å². The van der Waals surface area contributed by atoms with E-state index in [-0.39, 0.29) is 15.5 Å². The Morgan fingerprint density at radius 3 is 2.40 bits per heavy atom. The molecule has 0 saturated heterocycles. The van der Waals surface area contributed by atoms with Crippen LogP contribution in [0.25, 0.3) is 0 Å². The normalized spacial score (nSPS) is 12.8. The molecule has 7 heteroatoms. The minimum atomic E-state index is -1.75. The van der Waals surface area contributed by atoms with Crippen LogP contribution < -0.4 is 0 Å². The molecule has 1 N–H and O–H groups in total. The lowest BCUT2D eigenvalue weighted by atomic mass is 10.1. The summed E-state index contributed by atoms with van der Waals surface area (Å²) in [6, 6.07) is 4.11. The standard InChI is InChI=1S/C13H15ClO5S/c1-13(2,3)19-12(17)8-4-5-10(9(14)6-8)20(18)7-11(15)16/h4-6H,7H2,1-3H3,(H,15,16). The summed E-state index contributed by atoms with van der Waals surface area (Å²) in [6.45, 7) is 5.22. The lowest BCUT2D eigenvalue weighted by molar-refractivity contribution is -0.133. The van der Waals surface area contributed by atoms with Gasteiger partial charge in [-0.25, -0.2) is 4.79 Å². The number of carbonyl (C=O) groups excluding carboxylic acids is 1. The van der Waals surface area contributed by atoms with Crippen molar-refractivity contribution < 1.29 is 23.6 Å². The Morgan fingerprint density at radius 1 is 1.35 bits per heavy atom. The van der Waals surface area contributed by atoms with Gasteiger partial charge in [0.1, 0.15) is 11.4 Å². The molecule has 0 heterocycles. The predicted molar refractivity (Wildman–Crippen MR) is 75.5 cm³/mol. The van der Waals surface area contributed by atoms with Gasteiger partial charge < -0.3 is 9.84 Å². The molecular formula is C13H15ClO5S. The van der Waals surface area contributed by atoms with Crippen molar-refractivity contribution in [3.8, 4) is 0 Å². The highest BCUT2D eigenvalue weighted by Gasteiger charge is 2.20. The molecule has 0 aromatic heterocycles. The van der Waals surface area contributed by atoms with Crippen LogP contribution in [0.1, 0.15) is 31.1 Å². The number of carboxylic acid groups (broad SMARTS) is 1. The summed E-state index contributed by atoms with van der Waals surface area (Å²) in [7, 11) is -1.75. The number of carbonyl (C=O) groups is 2. The number of aliphatic carboxylic acids is 1. The number of esters is 1. The summed E-state index contributed by atoms with van der Waals surface area (Å²) in [5, 5.41) is 8.67. The largest absolute Gasteiger partial charge is 0.481 e. The maximum atomic E-state index is 11.8. The van der Waals surface area contributed by atoms with Crippen molar-refractivity contribution in [2.24, 2.45) is 0 Å². The van der Waals surface area contributed by atoms with Crippen molar-refractivity contribution in [2.75, 3.05) is 5.75 Å². The van der Waals surface area contributed by atoms with Gasteiger partial charge in [-0.1, -0.05) is 11.6 Å². The van der Waals surface area contributed by atoms with Crippen LogP contribution in [0.15, 0.2) is 23.1 Å². The molecule has 1 aromatic carbocycles. The first-order chi connectivity index (χ1) is 9.10. The van der Waals surface area contributed by atoms with E-state index in [1.54, 1.807) is 20.8 Å². The molecule has 0 amide bonds. The van der Waals surface area contributed by atoms with Crippen molar-refractivity contribution >= 4 is 34.3 Å². The van der Waals surface area contributed by atoms with Gasteiger partial charge in [-0.05, 0) is 39.0 Å². The van der Waals surface area contributed by atoms with E-state index >= 15 is 0 Å². The topological polar surface area (TPSA) is 80.7 Å². The summed E-state index contributed by atoms with van der Waals surface area (Å²) in [6.07, 6.45) is 0. The Hall–Kier alpha value is -1.40. The Morgan fingerprint density at radius 2 is 1.95 bits per heavy atom. The van der Waals surface area contributed by atoms with Crippen molar-refractivity contribution in [2.45, 2.75) is 31.3 Å². The van der Waals surface area contributed by atoms with E-state index in [4.69, 9.17) is 21.4 Å². The summed E-state index contributed by atoms with van der Waals surface area (Å²) < 4.78 is 16.9. The quantitative estimate of drug-likeness (QED) is 0.863. The Bertz CT molecular complexity index is 562. The molecule has 0 bridgehead atoms. The molecule has 20 heavy (non-hydrogen) atoms. The highest BCUT2D eigenvalue weighted by atomic mass is 35.5.